The number of amides is 2. The average molecular weight is 430 g/mol. The highest BCUT2D eigenvalue weighted by Gasteiger charge is 2.40. The van der Waals surface area contributed by atoms with Crippen LogP contribution in [-0.4, -0.2) is 47.2 Å². The summed E-state index contributed by atoms with van der Waals surface area (Å²) in [5, 5.41) is 2.70. The van der Waals surface area contributed by atoms with Gasteiger partial charge in [0.25, 0.3) is 5.91 Å². The van der Waals surface area contributed by atoms with Crippen LogP contribution in [-0.2, 0) is 4.74 Å². The fourth-order valence-electron chi connectivity index (χ4n) is 3.94. The maximum absolute atomic E-state index is 13.4. The van der Waals surface area contributed by atoms with Crippen LogP contribution >= 0.6 is 0 Å². The third kappa shape index (κ3) is 6.47. The van der Waals surface area contributed by atoms with Crippen molar-refractivity contribution < 1.29 is 19.1 Å². The Morgan fingerprint density at radius 3 is 2.35 bits per heavy atom. The summed E-state index contributed by atoms with van der Waals surface area (Å²) in [6, 6.07) is 7.56. The second-order valence-electron chi connectivity index (χ2n) is 9.31. The number of nitrogens with two attached hydrogens (primary N) is 1. The Balaban J connectivity index is 1.70. The van der Waals surface area contributed by atoms with E-state index in [0.717, 1.165) is 37.0 Å². The molecule has 31 heavy (non-hydrogen) atoms. The summed E-state index contributed by atoms with van der Waals surface area (Å²) in [5.74, 6) is 0.810. The Kier molecular flexibility index (Phi) is 7.26. The van der Waals surface area contributed by atoms with Gasteiger partial charge < -0.3 is 20.1 Å². The predicted molar refractivity (Wildman–Crippen MR) is 120 cm³/mol. The van der Waals surface area contributed by atoms with Crippen molar-refractivity contribution in [2.75, 3.05) is 6.61 Å². The number of hydrogen-bond acceptors (Lipinski definition) is 5. The second-order valence-corrected chi connectivity index (χ2v) is 9.31. The Hall–Kier alpha value is -2.54. The lowest BCUT2D eigenvalue weighted by atomic mass is 9.86. The van der Waals surface area contributed by atoms with Gasteiger partial charge in [0.1, 0.15) is 11.4 Å². The van der Waals surface area contributed by atoms with Gasteiger partial charge in [-0.2, -0.15) is 0 Å². The van der Waals surface area contributed by atoms with Crippen LogP contribution < -0.4 is 15.8 Å². The van der Waals surface area contributed by atoms with Crippen molar-refractivity contribution in [1.29, 1.82) is 0 Å². The van der Waals surface area contributed by atoms with Gasteiger partial charge in [0.05, 0.1) is 6.61 Å². The van der Waals surface area contributed by atoms with Crippen molar-refractivity contribution >= 4 is 12.0 Å². The van der Waals surface area contributed by atoms with E-state index in [4.69, 9.17) is 15.2 Å². The molecule has 1 aromatic carbocycles. The van der Waals surface area contributed by atoms with Gasteiger partial charge in [-0.05, 0) is 89.6 Å². The van der Waals surface area contributed by atoms with Gasteiger partial charge in [-0.1, -0.05) is 0 Å². The third-order valence-electron chi connectivity index (χ3n) is 5.51. The summed E-state index contributed by atoms with van der Waals surface area (Å²) in [4.78, 5) is 27.4. The smallest absolute Gasteiger partial charge is 0.411 e. The van der Waals surface area contributed by atoms with E-state index >= 15 is 0 Å². The van der Waals surface area contributed by atoms with Gasteiger partial charge in [-0.3, -0.25) is 10.1 Å². The largest absolute Gasteiger partial charge is 0.494 e. The zero-order chi connectivity index (χ0) is 22.6. The molecule has 2 fully saturated rings. The van der Waals surface area contributed by atoms with Crippen molar-refractivity contribution in [3.63, 3.8) is 0 Å². The maximum atomic E-state index is 13.4. The minimum atomic E-state index is -0.563. The summed E-state index contributed by atoms with van der Waals surface area (Å²) in [7, 11) is 0. The zero-order valence-corrected chi connectivity index (χ0v) is 19.0. The molecule has 7 heteroatoms. The number of carbonyl (C=O) groups is 2. The lowest BCUT2D eigenvalue weighted by Gasteiger charge is -2.38. The van der Waals surface area contributed by atoms with Gasteiger partial charge in [0.15, 0.2) is 0 Å². The minimum absolute atomic E-state index is 0.0467. The Labute approximate surface area is 184 Å². The highest BCUT2D eigenvalue weighted by Crippen LogP contribution is 2.36. The van der Waals surface area contributed by atoms with Crippen LogP contribution in [0.3, 0.4) is 0 Å². The first kappa shape index (κ1) is 23.1. The fraction of sp³-hybridized carbons (Fsp3) is 0.583. The number of rotatable bonds is 6. The Bertz CT molecular complexity index is 809. The highest BCUT2D eigenvalue weighted by molar-refractivity contribution is 5.95. The molecule has 0 aromatic heterocycles. The molecule has 2 unspecified atom stereocenters. The number of ether oxygens (including phenoxy) is 2. The summed E-state index contributed by atoms with van der Waals surface area (Å²) >= 11 is 0. The van der Waals surface area contributed by atoms with Gasteiger partial charge in [0.2, 0.25) is 0 Å². The molecule has 2 aliphatic carbocycles. The highest BCUT2D eigenvalue weighted by atomic mass is 16.6. The van der Waals surface area contributed by atoms with Crippen molar-refractivity contribution in [2.45, 2.75) is 83.5 Å². The monoisotopic (exact) mass is 429 g/mol. The Morgan fingerprint density at radius 2 is 1.77 bits per heavy atom. The van der Waals surface area contributed by atoms with Gasteiger partial charge >= 0.3 is 6.09 Å². The summed E-state index contributed by atoms with van der Waals surface area (Å²) in [6.07, 6.45) is 5.49. The molecule has 2 saturated carbocycles. The summed E-state index contributed by atoms with van der Waals surface area (Å²) in [6.45, 7) is 7.99. The summed E-state index contributed by atoms with van der Waals surface area (Å²) < 4.78 is 10.8. The van der Waals surface area contributed by atoms with Crippen molar-refractivity contribution in [2.24, 2.45) is 5.73 Å². The number of nitrogens with one attached hydrogen (secondary N) is 1. The Morgan fingerprint density at radius 1 is 1.13 bits per heavy atom. The van der Waals surface area contributed by atoms with E-state index in [9.17, 15) is 9.59 Å². The molecule has 7 nitrogen and oxygen atoms in total. The summed E-state index contributed by atoms with van der Waals surface area (Å²) in [5.41, 5.74) is 7.34. The van der Waals surface area contributed by atoms with Crippen LogP contribution in [0, 0.1) is 0 Å². The molecule has 2 aliphatic rings. The number of carbonyl (C=O) groups excluding carboxylic acids is 2. The zero-order valence-electron chi connectivity index (χ0n) is 19.0. The molecule has 2 amide bonds. The van der Waals surface area contributed by atoms with Gasteiger partial charge in [-0.25, -0.2) is 4.79 Å². The molecule has 1 aromatic rings. The molecule has 170 valence electrons. The van der Waals surface area contributed by atoms with E-state index in [1.807, 2.05) is 56.9 Å². The van der Waals surface area contributed by atoms with Crippen LogP contribution in [0.2, 0.25) is 0 Å². The lowest BCUT2D eigenvalue weighted by Crippen LogP contribution is -2.46. The van der Waals surface area contributed by atoms with E-state index in [0.29, 0.717) is 18.6 Å². The quantitative estimate of drug-likeness (QED) is 0.713. The molecule has 0 spiro atoms. The van der Waals surface area contributed by atoms with Crippen molar-refractivity contribution in [3.05, 3.63) is 41.6 Å². The average Bonchev–Trinajstić information content (AvgIpc) is 3.53. The molecular formula is C24H35N3O4. The topological polar surface area (TPSA) is 93.9 Å². The van der Waals surface area contributed by atoms with Crippen LogP contribution in [0.1, 0.15) is 70.2 Å². The SMILES string of the molecule is CCOc1ccc(C(=O)N(C2CC2)C2CCC(N)/C(=C\NC(=O)OC(C)(C)C)C2)cc1. The van der Waals surface area contributed by atoms with E-state index in [2.05, 4.69) is 5.32 Å². The number of alkyl carbamates (subject to hydrolysis) is 1. The number of hydrogen-bond donors (Lipinski definition) is 2. The van der Waals surface area contributed by atoms with Gasteiger partial charge in [0, 0.05) is 29.9 Å². The maximum Gasteiger partial charge on any atom is 0.411 e. The van der Waals surface area contributed by atoms with Crippen LogP contribution in [0.25, 0.3) is 0 Å². The molecule has 3 rings (SSSR count). The number of nitrogens with zero attached hydrogens (tertiary/aromatic N) is 1. The molecule has 0 radical (unpaired) electrons. The lowest BCUT2D eigenvalue weighted by molar-refractivity contribution is 0.0547. The molecule has 3 N–H and O–H groups in total. The van der Waals surface area contributed by atoms with Crippen molar-refractivity contribution in [3.8, 4) is 5.75 Å². The fourth-order valence-corrected chi connectivity index (χ4v) is 3.94. The van der Waals surface area contributed by atoms with Crippen molar-refractivity contribution in [1.82, 2.24) is 10.2 Å². The molecule has 0 saturated heterocycles. The number of benzene rings is 1. The first-order valence-corrected chi connectivity index (χ1v) is 11.2. The van der Waals surface area contributed by atoms with E-state index in [-0.39, 0.29) is 24.0 Å². The molecular weight excluding hydrogens is 394 g/mol. The van der Waals surface area contributed by atoms with E-state index < -0.39 is 11.7 Å². The molecule has 0 bridgehead atoms. The van der Waals surface area contributed by atoms with Gasteiger partial charge in [-0.15, -0.1) is 0 Å². The molecule has 0 aliphatic heterocycles. The van der Waals surface area contributed by atoms with Crippen LogP contribution in [0.4, 0.5) is 4.79 Å². The second kappa shape index (κ2) is 9.73. The first-order chi connectivity index (χ1) is 14.7. The first-order valence-electron chi connectivity index (χ1n) is 11.2. The normalized spacial score (nSPS) is 22.7. The van der Waals surface area contributed by atoms with Crippen LogP contribution in [0.15, 0.2) is 36.0 Å². The minimum Gasteiger partial charge on any atom is -0.494 e. The third-order valence-corrected chi connectivity index (χ3v) is 5.51. The van der Waals surface area contributed by atoms with E-state index in [1.165, 1.54) is 0 Å². The molecule has 2 atom stereocenters. The van der Waals surface area contributed by atoms with E-state index in [1.54, 1.807) is 6.20 Å². The van der Waals surface area contributed by atoms with Crippen LogP contribution in [0.5, 0.6) is 5.75 Å². The standard InChI is InChI=1S/C24H35N3O4/c1-5-30-20-11-6-16(7-12-20)22(28)27(18-8-9-18)19-10-13-21(25)17(14-19)15-26-23(29)31-24(2,3)4/h6-7,11-12,15,18-19,21H,5,8-10,13-14,25H2,1-4H3,(H,26,29)/b17-15-. The molecule has 0 heterocycles. The predicted octanol–water partition coefficient (Wildman–Crippen LogP) is 3.98.